The molecular weight excluding hydrogens is 414 g/mol. The summed E-state index contributed by atoms with van der Waals surface area (Å²) in [5, 5.41) is 6.26. The Morgan fingerprint density at radius 2 is 2.00 bits per heavy atom. The zero-order valence-electron chi connectivity index (χ0n) is 17.9. The summed E-state index contributed by atoms with van der Waals surface area (Å²) in [6.07, 6.45) is 2.70. The van der Waals surface area contributed by atoms with Crippen molar-refractivity contribution in [2.24, 2.45) is 5.92 Å². The number of aryl methyl sites for hydroxylation is 1. The van der Waals surface area contributed by atoms with E-state index in [9.17, 15) is 9.59 Å². The van der Waals surface area contributed by atoms with Crippen LogP contribution in [0.3, 0.4) is 0 Å². The first kappa shape index (κ1) is 21.7. The van der Waals surface area contributed by atoms with Crippen molar-refractivity contribution in [2.75, 3.05) is 25.5 Å². The number of ether oxygens (including phenoxy) is 1. The fourth-order valence-electron chi connectivity index (χ4n) is 4.00. The predicted molar refractivity (Wildman–Crippen MR) is 122 cm³/mol. The molecule has 1 saturated carbocycles. The summed E-state index contributed by atoms with van der Waals surface area (Å²) in [6, 6.07) is 11.8. The Hall–Kier alpha value is -2.57. The lowest BCUT2D eigenvalue weighted by atomic mass is 10.1. The first-order valence-corrected chi connectivity index (χ1v) is 11.1. The molecule has 0 bridgehead atoms. The molecule has 1 saturated heterocycles. The summed E-state index contributed by atoms with van der Waals surface area (Å²) >= 11 is 6.36. The van der Waals surface area contributed by atoms with Gasteiger partial charge in [0.25, 0.3) is 5.91 Å². The van der Waals surface area contributed by atoms with E-state index in [1.165, 1.54) is 18.2 Å². The highest BCUT2D eigenvalue weighted by atomic mass is 35.5. The largest absolute Gasteiger partial charge is 0.496 e. The van der Waals surface area contributed by atoms with Gasteiger partial charge in [0, 0.05) is 37.7 Å². The van der Waals surface area contributed by atoms with Crippen molar-refractivity contribution in [3.05, 3.63) is 58.1 Å². The van der Waals surface area contributed by atoms with Crippen molar-refractivity contribution in [2.45, 2.75) is 38.8 Å². The lowest BCUT2D eigenvalue weighted by Gasteiger charge is -2.18. The van der Waals surface area contributed by atoms with E-state index in [-0.39, 0.29) is 23.8 Å². The topological polar surface area (TPSA) is 70.7 Å². The highest BCUT2D eigenvalue weighted by Gasteiger charge is 2.30. The number of halogens is 1. The molecule has 2 fully saturated rings. The van der Waals surface area contributed by atoms with Crippen LogP contribution in [0.15, 0.2) is 36.4 Å². The van der Waals surface area contributed by atoms with Gasteiger partial charge in [-0.3, -0.25) is 14.5 Å². The molecule has 31 heavy (non-hydrogen) atoms. The van der Waals surface area contributed by atoms with Crippen LogP contribution in [-0.2, 0) is 11.3 Å². The summed E-state index contributed by atoms with van der Waals surface area (Å²) in [5.74, 6) is 0.194. The SMILES string of the molecule is COc1cc(NC(=O)C2CC2)c(Cl)cc1C(=O)NC1CCN(Cc2cccc(C)c2)C1. The van der Waals surface area contributed by atoms with Crippen LogP contribution in [0.2, 0.25) is 5.02 Å². The molecule has 2 aromatic carbocycles. The van der Waals surface area contributed by atoms with Gasteiger partial charge in [-0.05, 0) is 37.8 Å². The monoisotopic (exact) mass is 441 g/mol. The summed E-state index contributed by atoms with van der Waals surface area (Å²) in [5.41, 5.74) is 3.37. The summed E-state index contributed by atoms with van der Waals surface area (Å²) < 4.78 is 5.41. The maximum Gasteiger partial charge on any atom is 0.255 e. The number of methoxy groups -OCH3 is 1. The first-order chi connectivity index (χ1) is 14.9. The number of nitrogens with one attached hydrogen (secondary N) is 2. The molecule has 0 radical (unpaired) electrons. The third kappa shape index (κ3) is 5.38. The molecule has 164 valence electrons. The van der Waals surface area contributed by atoms with Gasteiger partial charge in [-0.1, -0.05) is 41.4 Å². The zero-order valence-corrected chi connectivity index (χ0v) is 18.7. The number of hydrogen-bond acceptors (Lipinski definition) is 4. The molecule has 1 aliphatic heterocycles. The van der Waals surface area contributed by atoms with E-state index >= 15 is 0 Å². The third-order valence-corrected chi connectivity index (χ3v) is 6.15. The van der Waals surface area contributed by atoms with E-state index in [4.69, 9.17) is 16.3 Å². The lowest BCUT2D eigenvalue weighted by Crippen LogP contribution is -2.37. The van der Waals surface area contributed by atoms with Crippen LogP contribution < -0.4 is 15.4 Å². The molecule has 7 heteroatoms. The number of rotatable bonds is 7. The minimum absolute atomic E-state index is 0.0409. The molecule has 2 aliphatic rings. The molecule has 0 spiro atoms. The van der Waals surface area contributed by atoms with E-state index < -0.39 is 0 Å². The molecule has 1 atom stereocenters. The number of nitrogens with zero attached hydrogens (tertiary/aromatic N) is 1. The highest BCUT2D eigenvalue weighted by molar-refractivity contribution is 6.34. The van der Waals surface area contributed by atoms with Crippen LogP contribution in [0.5, 0.6) is 5.75 Å². The van der Waals surface area contributed by atoms with Crippen LogP contribution in [0.4, 0.5) is 5.69 Å². The van der Waals surface area contributed by atoms with E-state index in [2.05, 4.69) is 46.7 Å². The molecule has 2 N–H and O–H groups in total. The standard InChI is InChI=1S/C24H28ClN3O3/c1-15-4-3-5-16(10-15)13-28-9-8-18(14-28)26-24(30)19-11-20(25)21(12-22(19)31-2)27-23(29)17-6-7-17/h3-5,10-12,17-18H,6-9,13-14H2,1-2H3,(H,26,30)(H,27,29). The normalized spacial score (nSPS) is 18.6. The number of benzene rings is 2. The van der Waals surface area contributed by atoms with Gasteiger partial charge in [-0.2, -0.15) is 0 Å². The number of carbonyl (C=O) groups is 2. The van der Waals surface area contributed by atoms with Gasteiger partial charge >= 0.3 is 0 Å². The fourth-order valence-corrected chi connectivity index (χ4v) is 4.21. The van der Waals surface area contributed by atoms with Gasteiger partial charge in [-0.15, -0.1) is 0 Å². The molecule has 1 unspecified atom stereocenters. The molecule has 2 aromatic rings. The highest BCUT2D eigenvalue weighted by Crippen LogP contribution is 2.34. The molecule has 1 heterocycles. The lowest BCUT2D eigenvalue weighted by molar-refractivity contribution is -0.117. The Morgan fingerprint density at radius 1 is 1.19 bits per heavy atom. The second kappa shape index (κ2) is 9.28. The van der Waals surface area contributed by atoms with E-state index in [0.29, 0.717) is 22.0 Å². The molecule has 1 aliphatic carbocycles. The maximum atomic E-state index is 12.9. The van der Waals surface area contributed by atoms with Gasteiger partial charge < -0.3 is 15.4 Å². The molecule has 2 amide bonds. The van der Waals surface area contributed by atoms with Crippen LogP contribution in [0.1, 0.15) is 40.7 Å². The number of hydrogen-bond donors (Lipinski definition) is 2. The van der Waals surface area contributed by atoms with Gasteiger partial charge in [0.05, 0.1) is 23.4 Å². The van der Waals surface area contributed by atoms with Gasteiger partial charge in [0.15, 0.2) is 0 Å². The first-order valence-electron chi connectivity index (χ1n) is 10.7. The van der Waals surface area contributed by atoms with Crippen LogP contribution in [0, 0.1) is 12.8 Å². The van der Waals surface area contributed by atoms with Crippen LogP contribution in [0.25, 0.3) is 0 Å². The van der Waals surface area contributed by atoms with Crippen LogP contribution in [-0.4, -0.2) is 43.0 Å². The number of carbonyl (C=O) groups excluding carboxylic acids is 2. The Balaban J connectivity index is 1.38. The van der Waals surface area contributed by atoms with Crippen molar-refractivity contribution in [1.82, 2.24) is 10.2 Å². The number of amides is 2. The van der Waals surface area contributed by atoms with Gasteiger partial charge in [0.1, 0.15) is 5.75 Å². The molecule has 4 rings (SSSR count). The average molecular weight is 442 g/mol. The van der Waals surface area contributed by atoms with Gasteiger partial charge in [0.2, 0.25) is 5.91 Å². The smallest absolute Gasteiger partial charge is 0.255 e. The summed E-state index contributed by atoms with van der Waals surface area (Å²) in [6.45, 7) is 4.70. The summed E-state index contributed by atoms with van der Waals surface area (Å²) in [4.78, 5) is 27.3. The Labute approximate surface area is 187 Å². The minimum Gasteiger partial charge on any atom is -0.496 e. The summed E-state index contributed by atoms with van der Waals surface area (Å²) in [7, 11) is 1.51. The van der Waals surface area contributed by atoms with Crippen LogP contribution >= 0.6 is 11.6 Å². The van der Waals surface area contributed by atoms with E-state index in [1.54, 1.807) is 12.1 Å². The molecule has 0 aromatic heterocycles. The maximum absolute atomic E-state index is 12.9. The van der Waals surface area contributed by atoms with Crippen molar-refractivity contribution in [1.29, 1.82) is 0 Å². The molecule has 6 nitrogen and oxygen atoms in total. The van der Waals surface area contributed by atoms with Crippen molar-refractivity contribution >= 4 is 29.1 Å². The Bertz CT molecular complexity index is 990. The minimum atomic E-state index is -0.221. The zero-order chi connectivity index (χ0) is 22.0. The quantitative estimate of drug-likeness (QED) is 0.681. The Morgan fingerprint density at radius 3 is 2.71 bits per heavy atom. The van der Waals surface area contributed by atoms with Crippen molar-refractivity contribution in [3.8, 4) is 5.75 Å². The second-order valence-corrected chi connectivity index (χ2v) is 8.89. The molecular formula is C24H28ClN3O3. The number of likely N-dealkylation sites (tertiary alicyclic amines) is 1. The van der Waals surface area contributed by atoms with E-state index in [0.717, 1.165) is 38.9 Å². The number of anilines is 1. The third-order valence-electron chi connectivity index (χ3n) is 5.84. The average Bonchev–Trinajstić information content (AvgIpc) is 3.51. The van der Waals surface area contributed by atoms with E-state index in [1.807, 2.05) is 0 Å². The fraction of sp³-hybridized carbons (Fsp3) is 0.417. The van der Waals surface area contributed by atoms with Crippen molar-refractivity contribution < 1.29 is 14.3 Å². The Kier molecular flexibility index (Phi) is 6.49. The van der Waals surface area contributed by atoms with Gasteiger partial charge in [-0.25, -0.2) is 0 Å². The van der Waals surface area contributed by atoms with Crippen molar-refractivity contribution in [3.63, 3.8) is 0 Å². The predicted octanol–water partition coefficient (Wildman–Crippen LogP) is 4.01. The second-order valence-electron chi connectivity index (χ2n) is 8.48.